The van der Waals surface area contributed by atoms with Crippen LogP contribution < -0.4 is 5.32 Å². The van der Waals surface area contributed by atoms with E-state index >= 15 is 0 Å². The third-order valence-electron chi connectivity index (χ3n) is 3.67. The average Bonchev–Trinajstić information content (AvgIpc) is 2.47. The average molecular weight is 294 g/mol. The van der Waals surface area contributed by atoms with Gasteiger partial charge in [-0.3, -0.25) is 10.1 Å². The number of nitrogens with zero attached hydrogens (tertiary/aromatic N) is 1. The molecule has 1 saturated carbocycles. The number of non-ortho nitro benzene ring substituents is 1. The highest BCUT2D eigenvalue weighted by Crippen LogP contribution is 2.32. The van der Waals surface area contributed by atoms with Crippen LogP contribution in [0.5, 0.6) is 0 Å². The Morgan fingerprint density at radius 2 is 2.05 bits per heavy atom. The molecule has 0 atom stereocenters. The molecule has 1 aliphatic carbocycles. The Balaban J connectivity index is 2.33. The van der Waals surface area contributed by atoms with Gasteiger partial charge in [0.25, 0.3) is 5.69 Å². The maximum Gasteiger partial charge on any atom is 0.340 e. The molecule has 0 spiro atoms. The number of benzene rings is 1. The first kappa shape index (κ1) is 15.2. The highest BCUT2D eigenvalue weighted by molar-refractivity contribution is 5.96. The molecule has 1 aromatic rings. The van der Waals surface area contributed by atoms with Gasteiger partial charge in [0.05, 0.1) is 23.3 Å². The second kappa shape index (κ2) is 6.09. The molecular weight excluding hydrogens is 276 g/mol. The second-order valence-electron chi connectivity index (χ2n) is 5.20. The van der Waals surface area contributed by atoms with Gasteiger partial charge in [-0.25, -0.2) is 4.79 Å². The molecule has 21 heavy (non-hydrogen) atoms. The number of nitro groups is 1. The number of hydrogen-bond donors (Lipinski definition) is 2. The van der Waals surface area contributed by atoms with E-state index in [1.807, 2.05) is 0 Å². The van der Waals surface area contributed by atoms with Gasteiger partial charge in [-0.15, -0.1) is 0 Å². The van der Waals surface area contributed by atoms with Gasteiger partial charge < -0.3 is 15.2 Å². The topological polar surface area (TPSA) is 102 Å². The van der Waals surface area contributed by atoms with Gasteiger partial charge in [0.15, 0.2) is 0 Å². The standard InChI is InChI=1S/C14H18N2O5/c1-21-13(17)11-9-10(16(19)20)5-6-12(11)15-14(18)7-3-2-4-8-14/h5-6,9,15,18H,2-4,7-8H2,1H3. The zero-order valence-electron chi connectivity index (χ0n) is 11.8. The fourth-order valence-electron chi connectivity index (χ4n) is 2.55. The highest BCUT2D eigenvalue weighted by Gasteiger charge is 2.30. The summed E-state index contributed by atoms with van der Waals surface area (Å²) in [4.78, 5) is 22.0. The first-order valence-corrected chi connectivity index (χ1v) is 6.82. The third-order valence-corrected chi connectivity index (χ3v) is 3.67. The summed E-state index contributed by atoms with van der Waals surface area (Å²) in [5.41, 5.74) is -0.893. The Hall–Kier alpha value is -2.15. The fourth-order valence-corrected chi connectivity index (χ4v) is 2.55. The number of nitrogens with one attached hydrogen (secondary N) is 1. The lowest BCUT2D eigenvalue weighted by atomic mass is 9.91. The van der Waals surface area contributed by atoms with Crippen molar-refractivity contribution in [3.05, 3.63) is 33.9 Å². The SMILES string of the molecule is COC(=O)c1cc([N+](=O)[O-])ccc1NC1(O)CCCCC1. The lowest BCUT2D eigenvalue weighted by Gasteiger charge is -2.34. The van der Waals surface area contributed by atoms with E-state index in [1.54, 1.807) is 0 Å². The van der Waals surface area contributed by atoms with Crippen LogP contribution in [-0.2, 0) is 4.74 Å². The molecular formula is C14H18N2O5. The van der Waals surface area contributed by atoms with Gasteiger partial charge in [-0.1, -0.05) is 6.42 Å². The molecule has 1 aromatic carbocycles. The number of hydrogen-bond acceptors (Lipinski definition) is 6. The summed E-state index contributed by atoms with van der Waals surface area (Å²) in [6, 6.07) is 3.87. The van der Waals surface area contributed by atoms with E-state index in [9.17, 15) is 20.0 Å². The lowest BCUT2D eigenvalue weighted by Crippen LogP contribution is -2.40. The number of carbonyl (C=O) groups is 1. The highest BCUT2D eigenvalue weighted by atomic mass is 16.6. The predicted molar refractivity (Wildman–Crippen MR) is 76.1 cm³/mol. The molecule has 1 fully saturated rings. The van der Waals surface area contributed by atoms with Crippen molar-refractivity contribution in [2.45, 2.75) is 37.8 Å². The Morgan fingerprint density at radius 3 is 2.62 bits per heavy atom. The Labute approximate surface area is 122 Å². The number of aliphatic hydroxyl groups is 1. The second-order valence-corrected chi connectivity index (χ2v) is 5.20. The van der Waals surface area contributed by atoms with E-state index in [-0.39, 0.29) is 11.3 Å². The van der Waals surface area contributed by atoms with Crippen molar-refractivity contribution in [1.82, 2.24) is 0 Å². The maximum absolute atomic E-state index is 11.8. The van der Waals surface area contributed by atoms with Crippen molar-refractivity contribution in [3.63, 3.8) is 0 Å². The number of anilines is 1. The van der Waals surface area contributed by atoms with Gasteiger partial charge in [0.1, 0.15) is 5.72 Å². The number of esters is 1. The van der Waals surface area contributed by atoms with E-state index < -0.39 is 16.6 Å². The molecule has 2 rings (SSSR count). The van der Waals surface area contributed by atoms with E-state index in [0.29, 0.717) is 18.5 Å². The smallest absolute Gasteiger partial charge is 0.340 e. The van der Waals surface area contributed by atoms with Crippen LogP contribution in [0, 0.1) is 10.1 Å². The largest absolute Gasteiger partial charge is 0.465 e. The number of carbonyl (C=O) groups excluding carboxylic acids is 1. The zero-order valence-corrected chi connectivity index (χ0v) is 11.8. The Kier molecular flexibility index (Phi) is 4.42. The van der Waals surface area contributed by atoms with Crippen molar-refractivity contribution >= 4 is 17.3 Å². The number of ether oxygens (including phenoxy) is 1. The first-order valence-electron chi connectivity index (χ1n) is 6.82. The summed E-state index contributed by atoms with van der Waals surface area (Å²) in [6.45, 7) is 0. The zero-order chi connectivity index (χ0) is 15.5. The minimum absolute atomic E-state index is 0.0469. The van der Waals surface area contributed by atoms with Crippen molar-refractivity contribution < 1.29 is 19.6 Å². The van der Waals surface area contributed by atoms with Crippen LogP contribution in [0.4, 0.5) is 11.4 Å². The fraction of sp³-hybridized carbons (Fsp3) is 0.500. The molecule has 1 aliphatic rings. The predicted octanol–water partition coefficient (Wildman–Crippen LogP) is 2.45. The van der Waals surface area contributed by atoms with Crippen LogP contribution >= 0.6 is 0 Å². The third kappa shape index (κ3) is 3.49. The molecule has 0 saturated heterocycles. The maximum atomic E-state index is 11.8. The molecule has 7 nitrogen and oxygen atoms in total. The summed E-state index contributed by atoms with van der Waals surface area (Å²) in [5.74, 6) is -0.680. The molecule has 0 aromatic heterocycles. The van der Waals surface area contributed by atoms with Crippen molar-refractivity contribution in [2.75, 3.05) is 12.4 Å². The first-order chi connectivity index (χ1) is 9.95. The lowest BCUT2D eigenvalue weighted by molar-refractivity contribution is -0.384. The number of nitro benzene ring substituents is 1. The van der Waals surface area contributed by atoms with Crippen molar-refractivity contribution in [3.8, 4) is 0 Å². The summed E-state index contributed by atoms with van der Waals surface area (Å²) in [6.07, 6.45) is 4.00. The van der Waals surface area contributed by atoms with E-state index in [2.05, 4.69) is 10.1 Å². The van der Waals surface area contributed by atoms with Gasteiger partial charge in [0, 0.05) is 12.1 Å². The molecule has 0 radical (unpaired) electrons. The van der Waals surface area contributed by atoms with E-state index in [0.717, 1.165) is 25.3 Å². The summed E-state index contributed by atoms with van der Waals surface area (Å²) in [5, 5.41) is 24.2. The summed E-state index contributed by atoms with van der Waals surface area (Å²) in [7, 11) is 1.21. The van der Waals surface area contributed by atoms with E-state index in [1.165, 1.54) is 19.2 Å². The van der Waals surface area contributed by atoms with Crippen LogP contribution in [0.15, 0.2) is 18.2 Å². The number of methoxy groups -OCH3 is 1. The van der Waals surface area contributed by atoms with Crippen molar-refractivity contribution in [1.29, 1.82) is 0 Å². The minimum atomic E-state index is -1.09. The molecule has 0 unspecified atom stereocenters. The molecule has 0 bridgehead atoms. The van der Waals surface area contributed by atoms with Crippen molar-refractivity contribution in [2.24, 2.45) is 0 Å². The molecule has 114 valence electrons. The van der Waals surface area contributed by atoms with Crippen LogP contribution in [0.2, 0.25) is 0 Å². The quantitative estimate of drug-likeness (QED) is 0.383. The molecule has 0 heterocycles. The summed E-state index contributed by atoms with van der Waals surface area (Å²) < 4.78 is 4.65. The molecule has 0 aliphatic heterocycles. The monoisotopic (exact) mass is 294 g/mol. The van der Waals surface area contributed by atoms with Gasteiger partial charge in [-0.2, -0.15) is 0 Å². The van der Waals surface area contributed by atoms with Gasteiger partial charge >= 0.3 is 5.97 Å². The Bertz CT molecular complexity index is 552. The molecule has 0 amide bonds. The summed E-state index contributed by atoms with van der Waals surface area (Å²) >= 11 is 0. The van der Waals surface area contributed by atoms with Crippen LogP contribution in [0.3, 0.4) is 0 Å². The molecule has 2 N–H and O–H groups in total. The van der Waals surface area contributed by atoms with Crippen LogP contribution in [0.25, 0.3) is 0 Å². The minimum Gasteiger partial charge on any atom is -0.465 e. The van der Waals surface area contributed by atoms with Gasteiger partial charge in [-0.05, 0) is 31.7 Å². The van der Waals surface area contributed by atoms with Crippen LogP contribution in [0.1, 0.15) is 42.5 Å². The van der Waals surface area contributed by atoms with Gasteiger partial charge in [0.2, 0.25) is 0 Å². The normalized spacial score (nSPS) is 17.0. The van der Waals surface area contributed by atoms with Crippen LogP contribution in [-0.4, -0.2) is 28.8 Å². The molecule has 7 heteroatoms. The number of rotatable bonds is 4. The Morgan fingerprint density at radius 1 is 1.38 bits per heavy atom. The van der Waals surface area contributed by atoms with E-state index in [4.69, 9.17) is 0 Å².